The zero-order valence-electron chi connectivity index (χ0n) is 11.8. The van der Waals surface area contributed by atoms with Crippen molar-refractivity contribution in [3.05, 3.63) is 30.6 Å². The van der Waals surface area contributed by atoms with Gasteiger partial charge >= 0.3 is 5.97 Å². The Morgan fingerprint density at radius 2 is 1.89 bits per heavy atom. The molecule has 0 radical (unpaired) electrons. The Balaban J connectivity index is 0.000000443. The average Bonchev–Trinajstić information content (AvgIpc) is 2.46. The fraction of sp³-hybridized carbons (Fsp3) is 0.600. The van der Waals surface area contributed by atoms with Gasteiger partial charge in [0.2, 0.25) is 0 Å². The van der Waals surface area contributed by atoms with E-state index in [9.17, 15) is 9.18 Å². The number of hydrogen-bond donors (Lipinski definition) is 0. The summed E-state index contributed by atoms with van der Waals surface area (Å²) in [5.74, 6) is -0.747. The molecule has 0 aromatic carbocycles. The molecule has 0 spiro atoms. The Labute approximate surface area is 115 Å². The van der Waals surface area contributed by atoms with Gasteiger partial charge in [0.05, 0.1) is 6.10 Å². The van der Waals surface area contributed by atoms with E-state index >= 15 is 0 Å². The predicted octanol–water partition coefficient (Wildman–Crippen LogP) is 3.94. The molecule has 0 aliphatic rings. The molecule has 4 heteroatoms. The highest BCUT2D eigenvalue weighted by Crippen LogP contribution is 2.07. The molecule has 0 aliphatic carbocycles. The van der Waals surface area contributed by atoms with Crippen molar-refractivity contribution < 1.29 is 13.9 Å². The number of hydrogen-bond acceptors (Lipinski definition) is 3. The molecule has 1 aromatic heterocycles. The molecule has 108 valence electrons. The maximum Gasteiger partial charge on any atom is 0.337 e. The largest absolute Gasteiger partial charge is 0.461 e. The lowest BCUT2D eigenvalue weighted by molar-refractivity contribution is -0.149. The van der Waals surface area contributed by atoms with Gasteiger partial charge in [0, 0.05) is 12.4 Å². The molecule has 0 bridgehead atoms. The highest BCUT2D eigenvalue weighted by atomic mass is 19.1. The van der Waals surface area contributed by atoms with Crippen LogP contribution in [-0.4, -0.2) is 23.7 Å². The van der Waals surface area contributed by atoms with E-state index in [1.807, 2.05) is 18.2 Å². The molecular formula is C15H24FNO2. The van der Waals surface area contributed by atoms with E-state index in [0.717, 1.165) is 19.3 Å². The topological polar surface area (TPSA) is 39.2 Å². The van der Waals surface area contributed by atoms with Crippen molar-refractivity contribution in [2.75, 3.05) is 6.67 Å². The van der Waals surface area contributed by atoms with Gasteiger partial charge in [-0.25, -0.2) is 9.18 Å². The molecule has 1 aromatic rings. The van der Waals surface area contributed by atoms with Gasteiger partial charge in [0.25, 0.3) is 0 Å². The summed E-state index contributed by atoms with van der Waals surface area (Å²) in [6.45, 7) is 2.94. The van der Waals surface area contributed by atoms with E-state index in [1.54, 1.807) is 19.3 Å². The van der Waals surface area contributed by atoms with Gasteiger partial charge in [-0.15, -0.1) is 0 Å². The van der Waals surface area contributed by atoms with Crippen LogP contribution in [0.1, 0.15) is 46.0 Å². The van der Waals surface area contributed by atoms with Gasteiger partial charge in [0.15, 0.2) is 6.67 Å². The lowest BCUT2D eigenvalue weighted by Gasteiger charge is -2.11. The van der Waals surface area contributed by atoms with E-state index < -0.39 is 12.6 Å². The number of esters is 1. The van der Waals surface area contributed by atoms with Crippen LogP contribution in [0, 0.1) is 0 Å². The van der Waals surface area contributed by atoms with Crippen LogP contribution in [0.5, 0.6) is 0 Å². The van der Waals surface area contributed by atoms with Crippen molar-refractivity contribution in [1.82, 2.24) is 4.98 Å². The molecule has 1 unspecified atom stereocenters. The number of ether oxygens (including phenoxy) is 1. The molecule has 0 N–H and O–H groups in total. The van der Waals surface area contributed by atoms with Crippen molar-refractivity contribution in [3.63, 3.8) is 0 Å². The molecule has 3 nitrogen and oxygen atoms in total. The first-order valence-electron chi connectivity index (χ1n) is 6.81. The number of aromatic nitrogens is 1. The zero-order valence-corrected chi connectivity index (χ0v) is 11.8. The highest BCUT2D eigenvalue weighted by molar-refractivity contribution is 5.70. The number of carbonyl (C=O) groups excluding carboxylic acids is 1. The second-order valence-corrected chi connectivity index (χ2v) is 4.31. The lowest BCUT2D eigenvalue weighted by Crippen LogP contribution is -2.15. The normalized spacial score (nSPS) is 11.1. The minimum absolute atomic E-state index is 0.139. The van der Waals surface area contributed by atoms with Gasteiger partial charge in [-0.3, -0.25) is 4.98 Å². The van der Waals surface area contributed by atoms with E-state index in [0.29, 0.717) is 0 Å². The summed E-state index contributed by atoms with van der Waals surface area (Å²) >= 11 is 0. The van der Waals surface area contributed by atoms with Crippen LogP contribution in [0.3, 0.4) is 0 Å². The monoisotopic (exact) mass is 269 g/mol. The molecule has 1 heterocycles. The number of rotatable bonds is 7. The van der Waals surface area contributed by atoms with E-state index in [1.165, 1.54) is 12.8 Å². The van der Waals surface area contributed by atoms with Crippen LogP contribution in [0.4, 0.5) is 4.39 Å². The van der Waals surface area contributed by atoms with E-state index in [4.69, 9.17) is 4.74 Å². The standard InChI is InChI=1S/C10H19FO2.C5H5N/c1-3-4-5-6-7-9(2)13-10(12)8-11;1-2-4-6-5-3-1/h9H,3-8H2,1-2H3;1-5H. The Bertz CT molecular complexity index is 280. The predicted molar refractivity (Wildman–Crippen MR) is 74.5 cm³/mol. The highest BCUT2D eigenvalue weighted by Gasteiger charge is 2.07. The number of halogens is 1. The SMILES string of the molecule is CCCCCCC(C)OC(=O)CF.c1ccncc1. The molecule has 19 heavy (non-hydrogen) atoms. The molecule has 0 saturated carbocycles. The first-order valence-corrected chi connectivity index (χ1v) is 6.81. The molecule has 1 rings (SSSR count). The maximum absolute atomic E-state index is 11.7. The summed E-state index contributed by atoms with van der Waals surface area (Å²) in [7, 11) is 0. The third-order valence-corrected chi connectivity index (χ3v) is 2.47. The van der Waals surface area contributed by atoms with Crippen molar-refractivity contribution in [2.24, 2.45) is 0 Å². The second-order valence-electron chi connectivity index (χ2n) is 4.31. The first-order chi connectivity index (χ1) is 9.20. The second kappa shape index (κ2) is 13.0. The number of pyridine rings is 1. The van der Waals surface area contributed by atoms with Crippen molar-refractivity contribution in [1.29, 1.82) is 0 Å². The van der Waals surface area contributed by atoms with E-state index in [-0.39, 0.29) is 6.10 Å². The third kappa shape index (κ3) is 12.8. The minimum atomic E-state index is -1.01. The molecule has 0 saturated heterocycles. The van der Waals surface area contributed by atoms with Crippen LogP contribution >= 0.6 is 0 Å². The van der Waals surface area contributed by atoms with Crippen LogP contribution in [0.2, 0.25) is 0 Å². The fourth-order valence-electron chi connectivity index (χ4n) is 1.49. The molecule has 0 amide bonds. The van der Waals surface area contributed by atoms with E-state index in [2.05, 4.69) is 11.9 Å². The maximum atomic E-state index is 11.7. The smallest absolute Gasteiger partial charge is 0.337 e. The quantitative estimate of drug-likeness (QED) is 0.556. The Morgan fingerprint density at radius 3 is 2.32 bits per heavy atom. The van der Waals surface area contributed by atoms with Crippen LogP contribution in [-0.2, 0) is 9.53 Å². The summed E-state index contributed by atoms with van der Waals surface area (Å²) in [6.07, 6.45) is 8.82. The number of unbranched alkanes of at least 4 members (excludes halogenated alkanes) is 3. The number of carbonyl (C=O) groups is 1. The fourth-order valence-corrected chi connectivity index (χ4v) is 1.49. The Morgan fingerprint density at radius 1 is 1.21 bits per heavy atom. The first kappa shape index (κ1) is 17.6. The lowest BCUT2D eigenvalue weighted by atomic mass is 10.1. The van der Waals surface area contributed by atoms with Gasteiger partial charge in [-0.2, -0.15) is 0 Å². The average molecular weight is 269 g/mol. The Hall–Kier alpha value is -1.45. The van der Waals surface area contributed by atoms with Crippen molar-refractivity contribution in [2.45, 2.75) is 52.1 Å². The molecule has 0 fully saturated rings. The van der Waals surface area contributed by atoms with Crippen LogP contribution in [0.15, 0.2) is 30.6 Å². The van der Waals surface area contributed by atoms with Gasteiger partial charge < -0.3 is 4.74 Å². The zero-order chi connectivity index (χ0) is 14.3. The van der Waals surface area contributed by atoms with Crippen molar-refractivity contribution >= 4 is 5.97 Å². The summed E-state index contributed by atoms with van der Waals surface area (Å²) in [5, 5.41) is 0. The van der Waals surface area contributed by atoms with Crippen molar-refractivity contribution in [3.8, 4) is 0 Å². The Kier molecular flexibility index (Phi) is 12.0. The third-order valence-electron chi connectivity index (χ3n) is 2.47. The van der Waals surface area contributed by atoms with Gasteiger partial charge in [-0.1, -0.05) is 32.3 Å². The summed E-state index contributed by atoms with van der Waals surface area (Å²) in [4.78, 5) is 14.3. The minimum Gasteiger partial charge on any atom is -0.461 e. The molecule has 0 aliphatic heterocycles. The molecular weight excluding hydrogens is 245 g/mol. The van der Waals surface area contributed by atoms with Crippen LogP contribution in [0.25, 0.3) is 0 Å². The summed E-state index contributed by atoms with van der Waals surface area (Å²) in [5.41, 5.74) is 0. The van der Waals surface area contributed by atoms with Crippen LogP contribution < -0.4 is 0 Å². The number of nitrogens with zero attached hydrogens (tertiary/aromatic N) is 1. The van der Waals surface area contributed by atoms with Gasteiger partial charge in [0.1, 0.15) is 0 Å². The molecule has 1 atom stereocenters. The summed E-state index contributed by atoms with van der Waals surface area (Å²) in [6, 6.07) is 5.72. The summed E-state index contributed by atoms with van der Waals surface area (Å²) < 4.78 is 16.5. The van der Waals surface area contributed by atoms with Gasteiger partial charge in [-0.05, 0) is 31.9 Å². The number of alkyl halides is 1.